The minimum atomic E-state index is -1.57. The zero-order chi connectivity index (χ0) is 27.2. The number of ether oxygens (including phenoxy) is 3. The Bertz CT molecular complexity index is 737. The zero-order valence-corrected chi connectivity index (χ0v) is 21.7. The molecule has 0 bridgehead atoms. The summed E-state index contributed by atoms with van der Waals surface area (Å²) in [6, 6.07) is 0. The number of carbonyl (C=O) groups excluding carboxylic acids is 2. The molecule has 37 heavy (non-hydrogen) atoms. The molecule has 1 aliphatic heterocycles. The Hall–Kier alpha value is -1.66. The molecular formula is C27H44O10. The Morgan fingerprint density at radius 2 is 1.78 bits per heavy atom. The van der Waals surface area contributed by atoms with E-state index in [1.165, 1.54) is 0 Å². The quantitative estimate of drug-likeness (QED) is 0.105. The zero-order valence-electron chi connectivity index (χ0n) is 21.7. The monoisotopic (exact) mass is 528 g/mol. The van der Waals surface area contributed by atoms with Crippen LogP contribution in [-0.2, 0) is 23.8 Å². The van der Waals surface area contributed by atoms with E-state index in [0.717, 1.165) is 44.9 Å². The maximum absolute atomic E-state index is 12.1. The van der Waals surface area contributed by atoms with Crippen LogP contribution in [0.2, 0.25) is 0 Å². The highest BCUT2D eigenvalue weighted by atomic mass is 16.7. The van der Waals surface area contributed by atoms with Gasteiger partial charge in [0.15, 0.2) is 12.1 Å². The molecule has 2 rings (SSSR count). The molecule has 212 valence electrons. The average molecular weight is 529 g/mol. The Kier molecular flexibility index (Phi) is 14.5. The molecule has 2 aliphatic rings. The first-order chi connectivity index (χ1) is 17.8. The fourth-order valence-corrected chi connectivity index (χ4v) is 4.59. The van der Waals surface area contributed by atoms with E-state index >= 15 is 0 Å². The number of hydrogen-bond donors (Lipinski definition) is 5. The first-order valence-corrected chi connectivity index (χ1v) is 13.4. The number of carbonyl (C=O) groups is 2. The van der Waals surface area contributed by atoms with Crippen molar-refractivity contribution in [3.05, 3.63) is 24.3 Å². The molecule has 2 unspecified atom stereocenters. The van der Waals surface area contributed by atoms with Gasteiger partial charge in [0.1, 0.15) is 37.1 Å². The van der Waals surface area contributed by atoms with Gasteiger partial charge in [-0.2, -0.15) is 0 Å². The molecule has 1 fully saturated rings. The van der Waals surface area contributed by atoms with Crippen molar-refractivity contribution < 1.29 is 49.3 Å². The van der Waals surface area contributed by atoms with Crippen LogP contribution in [0.5, 0.6) is 0 Å². The van der Waals surface area contributed by atoms with Crippen molar-refractivity contribution in [1.29, 1.82) is 0 Å². The number of aliphatic hydroxyl groups is 5. The van der Waals surface area contributed by atoms with E-state index in [2.05, 4.69) is 19.1 Å². The normalized spacial score (nSPS) is 30.8. The number of aliphatic hydroxyl groups excluding tert-OH is 5. The topological polar surface area (TPSA) is 163 Å². The lowest BCUT2D eigenvalue weighted by atomic mass is 9.87. The van der Waals surface area contributed by atoms with Gasteiger partial charge in [0.25, 0.3) is 0 Å². The first kappa shape index (κ1) is 31.6. The Labute approximate surface area is 218 Å². The minimum Gasteiger partial charge on any atom is -0.463 e. The van der Waals surface area contributed by atoms with Crippen molar-refractivity contribution in [2.75, 3.05) is 19.8 Å². The molecule has 0 aromatic rings. The fourth-order valence-electron chi connectivity index (χ4n) is 4.59. The highest BCUT2D eigenvalue weighted by molar-refractivity contribution is 5.94. The van der Waals surface area contributed by atoms with E-state index in [1.54, 1.807) is 6.08 Å². The van der Waals surface area contributed by atoms with Crippen LogP contribution in [0.3, 0.4) is 0 Å². The Balaban J connectivity index is 1.51. The van der Waals surface area contributed by atoms with Crippen LogP contribution in [-0.4, -0.2) is 93.9 Å². The summed E-state index contributed by atoms with van der Waals surface area (Å²) in [6.07, 6.45) is 7.40. The molecule has 10 nitrogen and oxygen atoms in total. The molecule has 0 aromatic heterocycles. The summed E-state index contributed by atoms with van der Waals surface area (Å²) in [5.41, 5.74) is 0. The third-order valence-electron chi connectivity index (χ3n) is 6.84. The molecule has 0 aromatic carbocycles. The van der Waals surface area contributed by atoms with Crippen molar-refractivity contribution in [1.82, 2.24) is 0 Å². The van der Waals surface area contributed by atoms with E-state index in [0.29, 0.717) is 12.3 Å². The summed E-state index contributed by atoms with van der Waals surface area (Å²) in [5, 5.41) is 48.6. The van der Waals surface area contributed by atoms with Gasteiger partial charge in [-0.25, -0.2) is 0 Å². The Morgan fingerprint density at radius 3 is 2.51 bits per heavy atom. The predicted octanol–water partition coefficient (Wildman–Crippen LogP) is 1.17. The van der Waals surface area contributed by atoms with Gasteiger partial charge in [-0.05, 0) is 37.7 Å². The van der Waals surface area contributed by atoms with E-state index in [-0.39, 0.29) is 31.3 Å². The van der Waals surface area contributed by atoms with E-state index < -0.39 is 49.4 Å². The molecule has 1 heterocycles. The maximum atomic E-state index is 12.1. The van der Waals surface area contributed by atoms with Crippen molar-refractivity contribution in [2.24, 2.45) is 11.8 Å². The first-order valence-electron chi connectivity index (χ1n) is 13.4. The number of ketones is 1. The van der Waals surface area contributed by atoms with Crippen LogP contribution in [0.4, 0.5) is 0 Å². The third kappa shape index (κ3) is 10.6. The van der Waals surface area contributed by atoms with Crippen LogP contribution in [0, 0.1) is 11.8 Å². The van der Waals surface area contributed by atoms with Gasteiger partial charge in [0, 0.05) is 12.3 Å². The van der Waals surface area contributed by atoms with Gasteiger partial charge in [0.05, 0.1) is 13.2 Å². The van der Waals surface area contributed by atoms with Crippen LogP contribution >= 0.6 is 0 Å². The second-order valence-corrected chi connectivity index (χ2v) is 9.82. The van der Waals surface area contributed by atoms with E-state index in [4.69, 9.17) is 14.2 Å². The molecule has 0 saturated carbocycles. The van der Waals surface area contributed by atoms with Crippen LogP contribution in [0.15, 0.2) is 24.3 Å². The van der Waals surface area contributed by atoms with E-state index in [9.17, 15) is 35.1 Å². The molecule has 8 atom stereocenters. The number of rotatable bonds is 17. The number of unbranched alkanes of at least 4 members (excludes halogenated alkanes) is 4. The molecule has 0 spiro atoms. The largest absolute Gasteiger partial charge is 0.463 e. The molecule has 1 saturated heterocycles. The van der Waals surface area contributed by atoms with Crippen molar-refractivity contribution in [3.63, 3.8) is 0 Å². The highest BCUT2D eigenvalue weighted by Crippen LogP contribution is 2.30. The fraction of sp³-hybridized carbons (Fsp3) is 0.778. The standard InChI is InChI=1S/C27H44O10/c1-2-3-7-11-20-18(13-14-21(20)30)10-8-5-4-6-9-12-23(31)35-16-19(29)17-36-27-26(34)25(33)24(32)22(15-28)37-27/h3,7,13-14,18-20,22,24-29,32-34H,2,4-6,8-12,15-17H2,1H3/b7-3-/t18?,19-,20?,22-,24+,25+,26-,27-/m1/s1. The third-order valence-corrected chi connectivity index (χ3v) is 6.84. The van der Waals surface area contributed by atoms with Gasteiger partial charge >= 0.3 is 5.97 Å². The van der Waals surface area contributed by atoms with Crippen LogP contribution in [0.1, 0.15) is 64.7 Å². The van der Waals surface area contributed by atoms with Crippen molar-refractivity contribution in [2.45, 2.75) is 102 Å². The molecule has 0 amide bonds. The minimum absolute atomic E-state index is 0.0792. The molecule has 10 heteroatoms. The predicted molar refractivity (Wildman–Crippen MR) is 134 cm³/mol. The van der Waals surface area contributed by atoms with Crippen molar-refractivity contribution in [3.8, 4) is 0 Å². The second-order valence-electron chi connectivity index (χ2n) is 9.82. The summed E-state index contributed by atoms with van der Waals surface area (Å²) in [4.78, 5) is 24.0. The molecular weight excluding hydrogens is 484 g/mol. The number of esters is 1. The summed E-state index contributed by atoms with van der Waals surface area (Å²) in [7, 11) is 0. The maximum Gasteiger partial charge on any atom is 0.305 e. The van der Waals surface area contributed by atoms with Crippen LogP contribution < -0.4 is 0 Å². The van der Waals surface area contributed by atoms with Gasteiger partial charge in [-0.1, -0.05) is 50.8 Å². The lowest BCUT2D eigenvalue weighted by Crippen LogP contribution is -2.59. The van der Waals surface area contributed by atoms with Gasteiger partial charge in [0.2, 0.25) is 0 Å². The van der Waals surface area contributed by atoms with Gasteiger partial charge < -0.3 is 39.7 Å². The number of allylic oxidation sites excluding steroid dienone is 4. The molecule has 1 aliphatic carbocycles. The second kappa shape index (κ2) is 17.0. The molecule has 5 N–H and O–H groups in total. The summed E-state index contributed by atoms with van der Waals surface area (Å²) in [5.74, 6) is 0.204. The van der Waals surface area contributed by atoms with Gasteiger partial charge in [-0.3, -0.25) is 9.59 Å². The summed E-state index contributed by atoms with van der Waals surface area (Å²) < 4.78 is 15.5. The molecule has 0 radical (unpaired) electrons. The summed E-state index contributed by atoms with van der Waals surface area (Å²) in [6.45, 7) is 0.866. The van der Waals surface area contributed by atoms with Crippen molar-refractivity contribution >= 4 is 11.8 Å². The van der Waals surface area contributed by atoms with Crippen LogP contribution in [0.25, 0.3) is 0 Å². The average Bonchev–Trinajstić information content (AvgIpc) is 3.24. The van der Waals surface area contributed by atoms with Gasteiger partial charge in [-0.15, -0.1) is 0 Å². The van der Waals surface area contributed by atoms with E-state index in [1.807, 2.05) is 6.08 Å². The lowest BCUT2D eigenvalue weighted by molar-refractivity contribution is -0.305. The lowest BCUT2D eigenvalue weighted by Gasteiger charge is -2.39. The Morgan fingerprint density at radius 1 is 1.05 bits per heavy atom. The highest BCUT2D eigenvalue weighted by Gasteiger charge is 2.44. The SMILES string of the molecule is CC/C=C\CC1C(=O)C=CC1CCCCCCCC(=O)OC[C@@H](O)CO[C@@H]1O[C@H](CO)[C@H](O)[C@H](O)[C@H]1O. The smallest absolute Gasteiger partial charge is 0.305 e. The summed E-state index contributed by atoms with van der Waals surface area (Å²) >= 11 is 0. The number of hydrogen-bond acceptors (Lipinski definition) is 10.